The number of nitrogens with one attached hydrogen (secondary N) is 3. The molecule has 8 nitrogen and oxygen atoms in total. The fraction of sp³-hybridized carbons (Fsp3) is 0.565. The summed E-state index contributed by atoms with van der Waals surface area (Å²) in [5.74, 6) is 2.18. The molecular formula is C23H36N6O2S. The molecule has 0 aliphatic carbocycles. The normalized spacial score (nSPS) is 15.0. The molecule has 0 saturated carbocycles. The third-order valence-electron chi connectivity index (χ3n) is 5.47. The van der Waals surface area contributed by atoms with Crippen LogP contribution < -0.4 is 20.7 Å². The summed E-state index contributed by atoms with van der Waals surface area (Å²) in [5, 5.41) is 8.89. The Bertz CT molecular complexity index is 819. The number of hydrogen-bond acceptors (Lipinski definition) is 4. The number of unbranched alkanes of at least 4 members (excludes halogenated alkanes) is 1. The lowest BCUT2D eigenvalue weighted by molar-refractivity contribution is 0.237. The summed E-state index contributed by atoms with van der Waals surface area (Å²) in [4.78, 5) is 23.2. The van der Waals surface area contributed by atoms with Gasteiger partial charge >= 0.3 is 6.03 Å². The van der Waals surface area contributed by atoms with Crippen LogP contribution in [0.2, 0.25) is 0 Å². The van der Waals surface area contributed by atoms with Gasteiger partial charge in [0.05, 0.1) is 7.11 Å². The zero-order chi connectivity index (χ0) is 23.3. The number of nitrogens with zero attached hydrogens (tertiary/aromatic N) is 3. The molecule has 1 saturated heterocycles. The maximum absolute atomic E-state index is 12.2. The first-order valence-electron chi connectivity index (χ1n) is 11.2. The number of urea groups is 1. The molecule has 0 bridgehead atoms. The number of carbonyl (C=O) groups is 1. The Labute approximate surface area is 196 Å². The van der Waals surface area contributed by atoms with E-state index in [1.165, 1.54) is 0 Å². The number of likely N-dealkylation sites (tertiary alicyclic amines) is 1. The number of methoxy groups -OCH3 is 1. The van der Waals surface area contributed by atoms with Crippen molar-refractivity contribution >= 4 is 41.2 Å². The summed E-state index contributed by atoms with van der Waals surface area (Å²) in [6.45, 7) is 6.60. The van der Waals surface area contributed by atoms with Crippen molar-refractivity contribution in [3.63, 3.8) is 0 Å². The standard InChI is InChI=1S/C23H36N6O2S/c1-5-6-12-25-21(24-3)29-14-10-18(11-15-29)9-13-26-22(30)28-23(32)27-20-8-7-19(31-4)16-17(20)2/h7-8,12,16,18H,5-6,9-11,13-15H2,1-4H3,(H3,26,27,28,30,32). The Morgan fingerprint density at radius 3 is 2.72 bits per heavy atom. The second-order valence-corrected chi connectivity index (χ2v) is 8.27. The zero-order valence-corrected chi connectivity index (χ0v) is 20.4. The summed E-state index contributed by atoms with van der Waals surface area (Å²) in [7, 11) is 3.42. The lowest BCUT2D eigenvalue weighted by Crippen LogP contribution is -2.43. The van der Waals surface area contributed by atoms with E-state index in [1.54, 1.807) is 14.2 Å². The average molecular weight is 461 g/mol. The molecule has 2 rings (SSSR count). The highest BCUT2D eigenvalue weighted by atomic mass is 32.1. The molecule has 9 heteroatoms. The van der Waals surface area contributed by atoms with Crippen molar-refractivity contribution in [1.82, 2.24) is 15.5 Å². The van der Waals surface area contributed by atoms with Gasteiger partial charge in [-0.1, -0.05) is 13.3 Å². The number of carbonyl (C=O) groups excluding carboxylic acids is 1. The van der Waals surface area contributed by atoms with Crippen LogP contribution in [0.5, 0.6) is 5.75 Å². The van der Waals surface area contributed by atoms with Crippen molar-refractivity contribution in [2.45, 2.75) is 46.0 Å². The minimum Gasteiger partial charge on any atom is -0.497 e. The molecule has 3 N–H and O–H groups in total. The van der Waals surface area contributed by atoms with Crippen molar-refractivity contribution < 1.29 is 9.53 Å². The van der Waals surface area contributed by atoms with Gasteiger partial charge in [0.15, 0.2) is 5.11 Å². The fourth-order valence-corrected chi connectivity index (χ4v) is 3.77. The molecule has 0 spiro atoms. The van der Waals surface area contributed by atoms with Crippen molar-refractivity contribution in [2.75, 3.05) is 39.1 Å². The summed E-state index contributed by atoms with van der Waals surface area (Å²) < 4.78 is 5.20. The number of anilines is 1. The summed E-state index contributed by atoms with van der Waals surface area (Å²) >= 11 is 5.25. The van der Waals surface area contributed by atoms with E-state index in [0.29, 0.717) is 12.5 Å². The third-order valence-corrected chi connectivity index (χ3v) is 5.67. The van der Waals surface area contributed by atoms with Gasteiger partial charge < -0.3 is 20.3 Å². The number of thiocarbonyl (C=S) groups is 1. The highest BCUT2D eigenvalue weighted by Gasteiger charge is 2.21. The fourth-order valence-electron chi connectivity index (χ4n) is 3.57. The number of aliphatic imine (C=N–C) groups is 2. The smallest absolute Gasteiger partial charge is 0.321 e. The minimum absolute atomic E-state index is 0.263. The second-order valence-electron chi connectivity index (χ2n) is 7.86. The van der Waals surface area contributed by atoms with Gasteiger partial charge in [-0.25, -0.2) is 9.79 Å². The van der Waals surface area contributed by atoms with E-state index in [2.05, 4.69) is 37.8 Å². The highest BCUT2D eigenvalue weighted by molar-refractivity contribution is 7.80. The van der Waals surface area contributed by atoms with Crippen molar-refractivity contribution in [1.29, 1.82) is 0 Å². The molecule has 1 aromatic rings. The Kier molecular flexibility index (Phi) is 10.9. The van der Waals surface area contributed by atoms with E-state index < -0.39 is 0 Å². The predicted octanol–water partition coefficient (Wildman–Crippen LogP) is 3.96. The molecule has 0 radical (unpaired) electrons. The lowest BCUT2D eigenvalue weighted by Gasteiger charge is -2.32. The molecule has 0 unspecified atom stereocenters. The number of rotatable bonds is 7. The Morgan fingerprint density at radius 2 is 2.09 bits per heavy atom. The molecule has 2 amide bonds. The van der Waals surface area contributed by atoms with Gasteiger partial charge in [-0.05, 0) is 74.5 Å². The topological polar surface area (TPSA) is 90.4 Å². The van der Waals surface area contributed by atoms with Gasteiger partial charge in [0.1, 0.15) is 5.75 Å². The number of amides is 2. The molecular weight excluding hydrogens is 424 g/mol. The van der Waals surface area contributed by atoms with Gasteiger partial charge in [0.25, 0.3) is 0 Å². The Balaban J connectivity index is 1.66. The van der Waals surface area contributed by atoms with Crippen LogP contribution >= 0.6 is 12.2 Å². The van der Waals surface area contributed by atoms with Gasteiger partial charge in [0.2, 0.25) is 5.96 Å². The number of hydrogen-bond donors (Lipinski definition) is 3. The Morgan fingerprint density at radius 1 is 1.34 bits per heavy atom. The highest BCUT2D eigenvalue weighted by Crippen LogP contribution is 2.21. The molecule has 0 atom stereocenters. The van der Waals surface area contributed by atoms with Crippen LogP contribution in [0.4, 0.5) is 10.5 Å². The molecule has 32 heavy (non-hydrogen) atoms. The average Bonchev–Trinajstić information content (AvgIpc) is 2.78. The van der Waals surface area contributed by atoms with Gasteiger partial charge in [-0.2, -0.15) is 0 Å². The number of ether oxygens (including phenoxy) is 1. The number of benzene rings is 1. The lowest BCUT2D eigenvalue weighted by atomic mass is 9.94. The number of piperidine rings is 1. The van der Waals surface area contributed by atoms with Crippen LogP contribution in [0.3, 0.4) is 0 Å². The van der Waals surface area contributed by atoms with E-state index in [0.717, 1.165) is 68.2 Å². The van der Waals surface area contributed by atoms with Crippen molar-refractivity contribution in [2.24, 2.45) is 15.9 Å². The first-order valence-corrected chi connectivity index (χ1v) is 11.6. The molecule has 1 aliphatic rings. The van der Waals surface area contributed by atoms with Crippen LogP contribution in [0, 0.1) is 12.8 Å². The summed E-state index contributed by atoms with van der Waals surface area (Å²) in [6.07, 6.45) is 7.10. The molecule has 176 valence electrons. The Hall–Kier alpha value is -2.68. The van der Waals surface area contributed by atoms with E-state index in [9.17, 15) is 4.79 Å². The zero-order valence-electron chi connectivity index (χ0n) is 19.6. The van der Waals surface area contributed by atoms with E-state index >= 15 is 0 Å². The minimum atomic E-state index is -0.295. The molecule has 1 heterocycles. The van der Waals surface area contributed by atoms with E-state index in [1.807, 2.05) is 31.3 Å². The number of guanidine groups is 1. The molecule has 1 fully saturated rings. The maximum atomic E-state index is 12.2. The van der Waals surface area contributed by atoms with Crippen LogP contribution in [-0.4, -0.2) is 62.0 Å². The quantitative estimate of drug-likeness (QED) is 0.326. The monoisotopic (exact) mass is 460 g/mol. The van der Waals surface area contributed by atoms with Crippen molar-refractivity contribution in [3.05, 3.63) is 23.8 Å². The largest absolute Gasteiger partial charge is 0.497 e. The summed E-state index contributed by atoms with van der Waals surface area (Å²) in [5.41, 5.74) is 1.81. The van der Waals surface area contributed by atoms with Crippen LogP contribution in [0.1, 0.15) is 44.6 Å². The molecule has 1 aliphatic heterocycles. The predicted molar refractivity (Wildman–Crippen MR) is 136 cm³/mol. The number of aryl methyl sites for hydroxylation is 1. The van der Waals surface area contributed by atoms with Crippen LogP contribution in [0.25, 0.3) is 0 Å². The first kappa shape index (κ1) is 25.6. The van der Waals surface area contributed by atoms with Gasteiger partial charge in [-0.15, -0.1) is 0 Å². The van der Waals surface area contributed by atoms with Gasteiger partial charge in [0, 0.05) is 38.6 Å². The molecule has 1 aromatic carbocycles. The van der Waals surface area contributed by atoms with Gasteiger partial charge in [-0.3, -0.25) is 10.3 Å². The van der Waals surface area contributed by atoms with E-state index in [4.69, 9.17) is 17.0 Å². The van der Waals surface area contributed by atoms with Crippen molar-refractivity contribution in [3.8, 4) is 5.75 Å². The SMILES string of the molecule is CCCC=NC(=NC)N1CCC(CCNC(=O)NC(=S)Nc2ccc(OC)cc2C)CC1. The van der Waals surface area contributed by atoms with Crippen LogP contribution in [-0.2, 0) is 0 Å². The molecule has 0 aromatic heterocycles. The summed E-state index contributed by atoms with van der Waals surface area (Å²) in [6, 6.07) is 5.33. The first-order chi connectivity index (χ1) is 15.5. The maximum Gasteiger partial charge on any atom is 0.321 e. The second kappa shape index (κ2) is 13.7. The van der Waals surface area contributed by atoms with E-state index in [-0.39, 0.29) is 11.1 Å². The van der Waals surface area contributed by atoms with Crippen LogP contribution in [0.15, 0.2) is 28.2 Å². The third kappa shape index (κ3) is 8.45.